The minimum atomic E-state index is 0.0803. The van der Waals surface area contributed by atoms with E-state index in [-0.39, 0.29) is 17.7 Å². The maximum Gasteiger partial charge on any atom is 0.222 e. The van der Waals surface area contributed by atoms with Gasteiger partial charge in [-0.05, 0) is 38.5 Å². The van der Waals surface area contributed by atoms with E-state index >= 15 is 0 Å². The van der Waals surface area contributed by atoms with Crippen LogP contribution in [0.5, 0.6) is 0 Å². The van der Waals surface area contributed by atoms with Crippen molar-refractivity contribution in [2.24, 2.45) is 0 Å². The van der Waals surface area contributed by atoms with Crippen LogP contribution in [0, 0.1) is 0 Å². The largest absolute Gasteiger partial charge is 0.356 e. The van der Waals surface area contributed by atoms with Gasteiger partial charge in [0.1, 0.15) is 0 Å². The van der Waals surface area contributed by atoms with Crippen molar-refractivity contribution in [1.29, 1.82) is 0 Å². The van der Waals surface area contributed by atoms with E-state index in [0.717, 1.165) is 38.5 Å². The summed E-state index contributed by atoms with van der Waals surface area (Å²) in [5.74, 6) is 0.360. The first-order valence-electron chi connectivity index (χ1n) is 9.86. The highest BCUT2D eigenvalue weighted by molar-refractivity contribution is 5.76. The highest BCUT2D eigenvalue weighted by Gasteiger charge is 2.12. The molecule has 0 fully saturated rings. The lowest BCUT2D eigenvalue weighted by atomic mass is 10.2. The van der Waals surface area contributed by atoms with Gasteiger partial charge in [0.25, 0.3) is 0 Å². The van der Waals surface area contributed by atoms with Gasteiger partial charge in [-0.15, -0.1) is 0 Å². The topological polar surface area (TPSA) is 78.5 Å². The molecule has 6 heteroatoms. The van der Waals surface area contributed by atoms with Crippen molar-refractivity contribution >= 4 is 17.7 Å². The molecule has 0 aliphatic rings. The Morgan fingerprint density at radius 2 is 1.16 bits per heavy atom. The highest BCUT2D eigenvalue weighted by Crippen LogP contribution is 2.03. The molecule has 0 rings (SSSR count). The second kappa shape index (κ2) is 15.9. The first-order valence-corrected chi connectivity index (χ1v) is 9.86. The van der Waals surface area contributed by atoms with Gasteiger partial charge < -0.3 is 15.5 Å². The quantitative estimate of drug-likeness (QED) is 0.443. The third kappa shape index (κ3) is 13.4. The van der Waals surface area contributed by atoms with Crippen LogP contribution in [0.4, 0.5) is 0 Å². The molecule has 0 aromatic rings. The van der Waals surface area contributed by atoms with Crippen LogP contribution in [0.3, 0.4) is 0 Å². The summed E-state index contributed by atoms with van der Waals surface area (Å²) in [6.45, 7) is 8.64. The molecule has 0 aliphatic heterocycles. The lowest BCUT2D eigenvalue weighted by Gasteiger charge is -2.23. The molecule has 0 aromatic carbocycles. The lowest BCUT2D eigenvalue weighted by Crippen LogP contribution is -2.35. The molecule has 3 amide bonds. The first-order chi connectivity index (χ1) is 12.0. The fourth-order valence-electron chi connectivity index (χ4n) is 2.52. The van der Waals surface area contributed by atoms with E-state index in [0.29, 0.717) is 45.4 Å². The number of rotatable bonds is 15. The van der Waals surface area contributed by atoms with Gasteiger partial charge in [0.05, 0.1) is 0 Å². The summed E-state index contributed by atoms with van der Waals surface area (Å²) in [5.41, 5.74) is 0. The Balaban J connectivity index is 4.03. The highest BCUT2D eigenvalue weighted by atomic mass is 16.2. The Labute approximate surface area is 153 Å². The Hall–Kier alpha value is -1.59. The van der Waals surface area contributed by atoms with E-state index in [1.165, 1.54) is 0 Å². The van der Waals surface area contributed by atoms with Crippen LogP contribution < -0.4 is 10.6 Å². The monoisotopic (exact) mass is 355 g/mol. The van der Waals surface area contributed by atoms with Crippen molar-refractivity contribution in [3.8, 4) is 0 Å². The van der Waals surface area contributed by atoms with Crippen LogP contribution >= 0.6 is 0 Å². The van der Waals surface area contributed by atoms with Crippen molar-refractivity contribution in [3.63, 3.8) is 0 Å². The Morgan fingerprint density at radius 1 is 0.680 bits per heavy atom. The number of nitrogens with zero attached hydrogens (tertiary/aromatic N) is 1. The second-order valence-electron chi connectivity index (χ2n) is 6.39. The zero-order valence-electron chi connectivity index (χ0n) is 16.4. The SMILES string of the molecule is CCCC(=O)NCCCCN(CCCNC(=O)CCC)C(=O)CCC. The number of nitrogens with one attached hydrogen (secondary N) is 2. The molecule has 0 aromatic heterocycles. The summed E-state index contributed by atoms with van der Waals surface area (Å²) in [6, 6.07) is 0. The fourth-order valence-corrected chi connectivity index (χ4v) is 2.52. The first kappa shape index (κ1) is 23.4. The molecule has 0 aliphatic carbocycles. The zero-order chi connectivity index (χ0) is 18.9. The number of hydrogen-bond acceptors (Lipinski definition) is 3. The molecule has 25 heavy (non-hydrogen) atoms. The number of unbranched alkanes of at least 4 members (excludes halogenated alkanes) is 1. The van der Waals surface area contributed by atoms with Crippen molar-refractivity contribution in [1.82, 2.24) is 15.5 Å². The summed E-state index contributed by atoms with van der Waals surface area (Å²) in [7, 11) is 0. The molecule has 146 valence electrons. The van der Waals surface area contributed by atoms with E-state index in [9.17, 15) is 14.4 Å². The molecule has 0 bridgehead atoms. The molecule has 0 radical (unpaired) electrons. The fraction of sp³-hybridized carbons (Fsp3) is 0.842. The van der Waals surface area contributed by atoms with Gasteiger partial charge in [-0.1, -0.05) is 20.8 Å². The van der Waals surface area contributed by atoms with Crippen LogP contribution in [-0.2, 0) is 14.4 Å². The molecule has 0 atom stereocenters. The van der Waals surface area contributed by atoms with Gasteiger partial charge in [0.15, 0.2) is 0 Å². The van der Waals surface area contributed by atoms with Gasteiger partial charge in [-0.25, -0.2) is 0 Å². The molecular formula is C19H37N3O3. The third-order valence-corrected chi connectivity index (χ3v) is 3.87. The predicted molar refractivity (Wildman–Crippen MR) is 101 cm³/mol. The third-order valence-electron chi connectivity index (χ3n) is 3.87. The number of carbonyl (C=O) groups excluding carboxylic acids is 3. The van der Waals surface area contributed by atoms with Gasteiger partial charge >= 0.3 is 0 Å². The molecule has 0 unspecified atom stereocenters. The van der Waals surface area contributed by atoms with E-state index in [4.69, 9.17) is 0 Å². The normalized spacial score (nSPS) is 10.4. The van der Waals surface area contributed by atoms with Crippen molar-refractivity contribution in [2.75, 3.05) is 26.2 Å². The van der Waals surface area contributed by atoms with Gasteiger partial charge in [0, 0.05) is 45.4 Å². The summed E-state index contributed by atoms with van der Waals surface area (Å²) in [5, 5.41) is 5.78. The number of hydrogen-bond donors (Lipinski definition) is 2. The van der Waals surface area contributed by atoms with E-state index < -0.39 is 0 Å². The van der Waals surface area contributed by atoms with Crippen LogP contribution in [0.25, 0.3) is 0 Å². The maximum atomic E-state index is 12.2. The van der Waals surface area contributed by atoms with Crippen LogP contribution in [0.1, 0.15) is 78.6 Å². The average molecular weight is 356 g/mol. The van der Waals surface area contributed by atoms with Gasteiger partial charge in [-0.3, -0.25) is 14.4 Å². The van der Waals surface area contributed by atoms with Gasteiger partial charge in [-0.2, -0.15) is 0 Å². The standard InChI is InChI=1S/C19H37N3O3/c1-4-10-17(23)20-13-7-8-15-22(19(25)12-6-3)16-9-14-21-18(24)11-5-2/h4-16H2,1-3H3,(H,20,23)(H,21,24). The van der Waals surface area contributed by atoms with E-state index in [2.05, 4.69) is 10.6 Å². The maximum absolute atomic E-state index is 12.2. The molecule has 0 saturated heterocycles. The summed E-state index contributed by atoms with van der Waals surface area (Å²) in [4.78, 5) is 36.9. The lowest BCUT2D eigenvalue weighted by molar-refractivity contribution is -0.131. The molecular weight excluding hydrogens is 318 g/mol. The molecule has 0 spiro atoms. The smallest absolute Gasteiger partial charge is 0.222 e. The Bertz CT molecular complexity index is 386. The minimum absolute atomic E-state index is 0.0803. The predicted octanol–water partition coefficient (Wildman–Crippen LogP) is 2.62. The number of carbonyl (C=O) groups is 3. The molecule has 6 nitrogen and oxygen atoms in total. The zero-order valence-corrected chi connectivity index (χ0v) is 16.4. The van der Waals surface area contributed by atoms with Crippen LogP contribution in [0.15, 0.2) is 0 Å². The summed E-state index contributed by atoms with van der Waals surface area (Å²) >= 11 is 0. The van der Waals surface area contributed by atoms with Crippen molar-refractivity contribution in [3.05, 3.63) is 0 Å². The van der Waals surface area contributed by atoms with E-state index in [1.54, 1.807) is 0 Å². The Kier molecular flexibility index (Phi) is 14.9. The van der Waals surface area contributed by atoms with Crippen LogP contribution in [0.2, 0.25) is 0 Å². The molecule has 2 N–H and O–H groups in total. The van der Waals surface area contributed by atoms with Gasteiger partial charge in [0.2, 0.25) is 17.7 Å². The van der Waals surface area contributed by atoms with Crippen molar-refractivity contribution in [2.45, 2.75) is 78.6 Å². The molecule has 0 saturated carbocycles. The summed E-state index contributed by atoms with van der Waals surface area (Å²) in [6.07, 6.45) is 6.78. The minimum Gasteiger partial charge on any atom is -0.356 e. The second-order valence-corrected chi connectivity index (χ2v) is 6.39. The summed E-state index contributed by atoms with van der Waals surface area (Å²) < 4.78 is 0. The molecule has 0 heterocycles. The Morgan fingerprint density at radius 3 is 1.68 bits per heavy atom. The number of amides is 3. The van der Waals surface area contributed by atoms with E-state index in [1.807, 2.05) is 25.7 Å². The average Bonchev–Trinajstić information content (AvgIpc) is 2.57. The van der Waals surface area contributed by atoms with Crippen molar-refractivity contribution < 1.29 is 14.4 Å². The van der Waals surface area contributed by atoms with Crippen LogP contribution in [-0.4, -0.2) is 48.8 Å².